The highest BCUT2D eigenvalue weighted by molar-refractivity contribution is 5.75. The molecule has 1 atom stereocenters. The third-order valence-corrected chi connectivity index (χ3v) is 3.34. The minimum absolute atomic E-state index is 0.183. The molecule has 0 saturated heterocycles. The van der Waals surface area contributed by atoms with Crippen LogP contribution in [0.5, 0.6) is 0 Å². The second-order valence-electron chi connectivity index (χ2n) is 5.25. The second kappa shape index (κ2) is 8.16. The predicted octanol–water partition coefficient (Wildman–Crippen LogP) is 3.53. The first-order valence-electron chi connectivity index (χ1n) is 6.86. The van der Waals surface area contributed by atoms with Gasteiger partial charge in [-0.25, -0.2) is 0 Å². The lowest BCUT2D eigenvalue weighted by Crippen LogP contribution is -2.26. The van der Waals surface area contributed by atoms with Gasteiger partial charge in [-0.1, -0.05) is 42.5 Å². The molecule has 0 bridgehead atoms. The molecular formula is C17H22N2O. The highest BCUT2D eigenvalue weighted by Gasteiger charge is 2.15. The number of nitriles is 1. The molecule has 0 radical (unpaired) electrons. The molecule has 0 aromatic heterocycles. The van der Waals surface area contributed by atoms with Crippen LogP contribution in [0.25, 0.3) is 0 Å². The van der Waals surface area contributed by atoms with Gasteiger partial charge >= 0.3 is 0 Å². The molecule has 1 unspecified atom stereocenters. The quantitative estimate of drug-likeness (QED) is 0.412. The number of hydrogen-bond acceptors (Lipinski definition) is 3. The molecule has 20 heavy (non-hydrogen) atoms. The molecule has 106 valence electrons. The van der Waals surface area contributed by atoms with Gasteiger partial charge in [0.2, 0.25) is 0 Å². The molecule has 1 aromatic carbocycles. The summed E-state index contributed by atoms with van der Waals surface area (Å²) < 4.78 is 0. The van der Waals surface area contributed by atoms with Crippen molar-refractivity contribution in [2.24, 2.45) is 5.92 Å². The van der Waals surface area contributed by atoms with E-state index in [4.69, 9.17) is 0 Å². The standard InChI is InChI=1S/C17H22N2O/c1-14(2)17(10-9-15(3)20)12-19(13-18)11-16-7-5-4-6-8-16/h4-8,17H,1,9-12H2,2-3H3. The van der Waals surface area contributed by atoms with Crippen molar-refractivity contribution in [3.63, 3.8) is 0 Å². The SMILES string of the molecule is C=C(C)C(CCC(C)=O)CN(C#N)Cc1ccccc1. The average molecular weight is 270 g/mol. The van der Waals surface area contributed by atoms with Crippen molar-refractivity contribution in [2.75, 3.05) is 6.54 Å². The zero-order valence-electron chi connectivity index (χ0n) is 12.3. The Morgan fingerprint density at radius 1 is 1.35 bits per heavy atom. The summed E-state index contributed by atoms with van der Waals surface area (Å²) in [7, 11) is 0. The van der Waals surface area contributed by atoms with Crippen molar-refractivity contribution in [2.45, 2.75) is 33.2 Å². The maximum Gasteiger partial charge on any atom is 0.179 e. The van der Waals surface area contributed by atoms with Gasteiger partial charge in [-0.2, -0.15) is 5.26 Å². The Hall–Kier alpha value is -2.08. The first kappa shape index (κ1) is 16.0. The Bertz CT molecular complexity index is 487. The minimum Gasteiger partial charge on any atom is -0.306 e. The van der Waals surface area contributed by atoms with E-state index in [1.165, 1.54) is 0 Å². The number of nitrogens with zero attached hydrogens (tertiary/aromatic N) is 2. The summed E-state index contributed by atoms with van der Waals surface area (Å²) in [6, 6.07) is 9.92. The number of carbonyl (C=O) groups is 1. The average Bonchev–Trinajstić information content (AvgIpc) is 2.42. The molecule has 0 heterocycles. The van der Waals surface area contributed by atoms with E-state index in [2.05, 4.69) is 12.8 Å². The fraction of sp³-hybridized carbons (Fsp3) is 0.412. The smallest absolute Gasteiger partial charge is 0.179 e. The highest BCUT2D eigenvalue weighted by atomic mass is 16.1. The van der Waals surface area contributed by atoms with Crippen molar-refractivity contribution < 1.29 is 4.79 Å². The molecule has 3 heteroatoms. The fourth-order valence-corrected chi connectivity index (χ4v) is 2.08. The van der Waals surface area contributed by atoms with E-state index in [9.17, 15) is 10.1 Å². The lowest BCUT2D eigenvalue weighted by Gasteiger charge is -2.23. The second-order valence-corrected chi connectivity index (χ2v) is 5.25. The third kappa shape index (κ3) is 5.71. The van der Waals surface area contributed by atoms with Gasteiger partial charge in [-0.15, -0.1) is 0 Å². The highest BCUT2D eigenvalue weighted by Crippen LogP contribution is 2.18. The third-order valence-electron chi connectivity index (χ3n) is 3.34. The summed E-state index contributed by atoms with van der Waals surface area (Å²) >= 11 is 0. The topological polar surface area (TPSA) is 44.1 Å². The van der Waals surface area contributed by atoms with Gasteiger partial charge in [0.25, 0.3) is 0 Å². The Morgan fingerprint density at radius 3 is 2.50 bits per heavy atom. The summed E-state index contributed by atoms with van der Waals surface area (Å²) in [5.74, 6) is 0.366. The van der Waals surface area contributed by atoms with Gasteiger partial charge in [-0.3, -0.25) is 0 Å². The molecule has 0 N–H and O–H groups in total. The molecule has 0 spiro atoms. The van der Waals surface area contributed by atoms with Crippen LogP contribution in [0.1, 0.15) is 32.3 Å². The fourth-order valence-electron chi connectivity index (χ4n) is 2.08. The van der Waals surface area contributed by atoms with E-state index in [0.29, 0.717) is 19.5 Å². The van der Waals surface area contributed by atoms with Crippen LogP contribution < -0.4 is 0 Å². The summed E-state index contributed by atoms with van der Waals surface area (Å²) in [6.07, 6.45) is 3.54. The van der Waals surface area contributed by atoms with Crippen LogP contribution in [0.4, 0.5) is 0 Å². The number of ketones is 1. The lowest BCUT2D eigenvalue weighted by molar-refractivity contribution is -0.117. The Kier molecular flexibility index (Phi) is 6.52. The summed E-state index contributed by atoms with van der Waals surface area (Å²) in [5.41, 5.74) is 2.14. The Labute approximate surface area is 121 Å². The predicted molar refractivity (Wildman–Crippen MR) is 80.7 cm³/mol. The van der Waals surface area contributed by atoms with Crippen LogP contribution in [0.15, 0.2) is 42.5 Å². The van der Waals surface area contributed by atoms with Crippen LogP contribution in [-0.4, -0.2) is 17.2 Å². The molecule has 0 aliphatic heterocycles. The number of carbonyl (C=O) groups excluding carboxylic acids is 1. The number of Topliss-reactive ketones (excluding diaryl/α,β-unsaturated/α-hetero) is 1. The van der Waals surface area contributed by atoms with Gasteiger partial charge in [-0.05, 0) is 31.7 Å². The molecule has 1 aromatic rings. The van der Waals surface area contributed by atoms with Crippen LogP contribution in [0.3, 0.4) is 0 Å². The molecule has 0 aliphatic rings. The molecule has 3 nitrogen and oxygen atoms in total. The molecule has 1 rings (SSSR count). The van der Waals surface area contributed by atoms with Gasteiger partial charge in [0, 0.05) is 13.0 Å². The number of benzene rings is 1. The molecule has 0 aliphatic carbocycles. The molecule has 0 saturated carbocycles. The summed E-state index contributed by atoms with van der Waals surface area (Å²) in [4.78, 5) is 12.8. The molecular weight excluding hydrogens is 248 g/mol. The normalized spacial score (nSPS) is 11.4. The number of hydrogen-bond donors (Lipinski definition) is 0. The van der Waals surface area contributed by atoms with Crippen LogP contribution in [0, 0.1) is 17.4 Å². The van der Waals surface area contributed by atoms with Gasteiger partial charge in [0.15, 0.2) is 6.19 Å². The first-order valence-corrected chi connectivity index (χ1v) is 6.86. The largest absolute Gasteiger partial charge is 0.306 e. The van der Waals surface area contributed by atoms with Crippen molar-refractivity contribution in [1.82, 2.24) is 4.90 Å². The zero-order chi connectivity index (χ0) is 15.0. The van der Waals surface area contributed by atoms with Crippen molar-refractivity contribution in [1.29, 1.82) is 5.26 Å². The van der Waals surface area contributed by atoms with E-state index in [1.54, 1.807) is 11.8 Å². The summed E-state index contributed by atoms with van der Waals surface area (Å²) in [6.45, 7) is 8.76. The molecule has 0 fully saturated rings. The zero-order valence-corrected chi connectivity index (χ0v) is 12.3. The van der Waals surface area contributed by atoms with Crippen LogP contribution in [-0.2, 0) is 11.3 Å². The Balaban J connectivity index is 2.62. The first-order chi connectivity index (χ1) is 9.52. The lowest BCUT2D eigenvalue weighted by atomic mass is 9.94. The van der Waals surface area contributed by atoms with E-state index < -0.39 is 0 Å². The van der Waals surface area contributed by atoms with E-state index in [0.717, 1.165) is 17.6 Å². The maximum atomic E-state index is 11.1. The maximum absolute atomic E-state index is 11.1. The Morgan fingerprint density at radius 2 is 2.00 bits per heavy atom. The van der Waals surface area contributed by atoms with Crippen molar-refractivity contribution >= 4 is 5.78 Å². The van der Waals surface area contributed by atoms with E-state index in [1.807, 2.05) is 37.3 Å². The van der Waals surface area contributed by atoms with Gasteiger partial charge in [0.1, 0.15) is 5.78 Å². The van der Waals surface area contributed by atoms with Crippen molar-refractivity contribution in [3.05, 3.63) is 48.0 Å². The number of rotatable bonds is 8. The minimum atomic E-state index is 0.183. The van der Waals surface area contributed by atoms with E-state index >= 15 is 0 Å². The summed E-state index contributed by atoms with van der Waals surface area (Å²) in [5, 5.41) is 9.27. The van der Waals surface area contributed by atoms with Crippen molar-refractivity contribution in [3.8, 4) is 6.19 Å². The van der Waals surface area contributed by atoms with Crippen LogP contribution >= 0.6 is 0 Å². The van der Waals surface area contributed by atoms with Crippen LogP contribution in [0.2, 0.25) is 0 Å². The van der Waals surface area contributed by atoms with Gasteiger partial charge < -0.3 is 9.69 Å². The van der Waals surface area contributed by atoms with Gasteiger partial charge in [0.05, 0.1) is 6.54 Å². The molecule has 0 amide bonds. The monoisotopic (exact) mass is 270 g/mol. The van der Waals surface area contributed by atoms with E-state index in [-0.39, 0.29) is 11.7 Å².